The van der Waals surface area contributed by atoms with Crippen molar-refractivity contribution in [2.45, 2.75) is 26.3 Å². The molecule has 0 atom stereocenters. The predicted octanol–water partition coefficient (Wildman–Crippen LogP) is 1.12. The van der Waals surface area contributed by atoms with Gasteiger partial charge in [-0.1, -0.05) is 13.8 Å². The quantitative estimate of drug-likeness (QED) is 0.870. The third-order valence-corrected chi connectivity index (χ3v) is 2.48. The minimum absolute atomic E-state index is 0.231. The maximum absolute atomic E-state index is 8.73. The summed E-state index contributed by atoms with van der Waals surface area (Å²) < 4.78 is 1.62. The van der Waals surface area contributed by atoms with Crippen LogP contribution in [0.4, 0.5) is 0 Å². The molecule has 0 saturated carbocycles. The molecule has 2 heterocycles. The van der Waals surface area contributed by atoms with Gasteiger partial charge in [-0.05, 0) is 12.1 Å². The second-order valence-electron chi connectivity index (χ2n) is 4.17. The zero-order valence-corrected chi connectivity index (χ0v) is 10.3. The molecule has 0 aliphatic heterocycles. The van der Waals surface area contributed by atoms with Gasteiger partial charge in [-0.3, -0.25) is 0 Å². The Kier molecular flexibility index (Phi) is 3.35. The van der Waals surface area contributed by atoms with Crippen LogP contribution in [-0.2, 0) is 6.54 Å². The molecule has 0 aliphatic rings. The van der Waals surface area contributed by atoms with Gasteiger partial charge in [0.15, 0.2) is 11.6 Å². The van der Waals surface area contributed by atoms with Crippen molar-refractivity contribution in [1.29, 1.82) is 5.26 Å². The third-order valence-electron chi connectivity index (χ3n) is 2.48. The normalized spacial score (nSPS) is 10.6. The molecule has 0 amide bonds. The number of nitrogens with zero attached hydrogens (tertiary/aromatic N) is 5. The first-order valence-electron chi connectivity index (χ1n) is 5.68. The van der Waals surface area contributed by atoms with Gasteiger partial charge in [0, 0.05) is 12.1 Å². The van der Waals surface area contributed by atoms with Gasteiger partial charge in [0.1, 0.15) is 11.9 Å². The molecule has 92 valence electrons. The van der Waals surface area contributed by atoms with Crippen molar-refractivity contribution in [3.63, 3.8) is 0 Å². The third kappa shape index (κ3) is 2.21. The largest absolute Gasteiger partial charge is 0.324 e. The minimum atomic E-state index is 0.231. The topological polar surface area (TPSA) is 93.4 Å². The average molecular weight is 242 g/mol. The van der Waals surface area contributed by atoms with Crippen LogP contribution in [-0.4, -0.2) is 19.7 Å². The average Bonchev–Trinajstić information content (AvgIpc) is 2.83. The zero-order chi connectivity index (χ0) is 13.1. The fraction of sp³-hybridized carbons (Fsp3) is 0.333. The molecule has 0 bridgehead atoms. The summed E-state index contributed by atoms with van der Waals surface area (Å²) in [6.45, 7) is 4.33. The SMILES string of the molecule is CC(C)c1nc(CN)n(-c2ccc(C#N)cn2)n1. The molecule has 0 radical (unpaired) electrons. The summed E-state index contributed by atoms with van der Waals surface area (Å²) in [5.41, 5.74) is 6.17. The van der Waals surface area contributed by atoms with E-state index in [0.717, 1.165) is 5.82 Å². The summed E-state index contributed by atoms with van der Waals surface area (Å²) in [7, 11) is 0. The maximum Gasteiger partial charge on any atom is 0.155 e. The first-order valence-corrected chi connectivity index (χ1v) is 5.68. The monoisotopic (exact) mass is 242 g/mol. The summed E-state index contributed by atoms with van der Waals surface area (Å²) in [5.74, 6) is 2.25. The van der Waals surface area contributed by atoms with Crippen LogP contribution in [0.3, 0.4) is 0 Å². The Bertz CT molecular complexity index is 576. The molecule has 0 fully saturated rings. The summed E-state index contributed by atoms with van der Waals surface area (Å²) in [4.78, 5) is 8.55. The number of pyridine rings is 1. The number of hydrogen-bond donors (Lipinski definition) is 1. The van der Waals surface area contributed by atoms with Crippen molar-refractivity contribution < 1.29 is 0 Å². The lowest BCUT2D eigenvalue weighted by atomic mass is 10.2. The van der Waals surface area contributed by atoms with Gasteiger partial charge in [-0.15, -0.1) is 5.10 Å². The van der Waals surface area contributed by atoms with E-state index in [1.807, 2.05) is 19.9 Å². The molecule has 2 aromatic rings. The molecule has 2 N–H and O–H groups in total. The lowest BCUT2D eigenvalue weighted by Crippen LogP contribution is -2.09. The van der Waals surface area contributed by atoms with Gasteiger partial charge in [0.2, 0.25) is 0 Å². The highest BCUT2D eigenvalue weighted by molar-refractivity contribution is 5.32. The fourth-order valence-electron chi connectivity index (χ4n) is 1.50. The summed E-state index contributed by atoms with van der Waals surface area (Å²) in [6.07, 6.45) is 1.51. The number of rotatable bonds is 3. The second-order valence-corrected chi connectivity index (χ2v) is 4.17. The first-order chi connectivity index (χ1) is 8.65. The van der Waals surface area contributed by atoms with Crippen LogP contribution in [0.5, 0.6) is 0 Å². The van der Waals surface area contributed by atoms with Crippen LogP contribution in [0.25, 0.3) is 5.82 Å². The first kappa shape index (κ1) is 12.2. The van der Waals surface area contributed by atoms with Crippen molar-refractivity contribution in [2.75, 3.05) is 0 Å². The Balaban J connectivity index is 2.45. The van der Waals surface area contributed by atoms with Crippen LogP contribution in [0, 0.1) is 11.3 Å². The molecule has 18 heavy (non-hydrogen) atoms. The van der Waals surface area contributed by atoms with Gasteiger partial charge >= 0.3 is 0 Å². The van der Waals surface area contributed by atoms with Gasteiger partial charge in [-0.2, -0.15) is 9.94 Å². The van der Waals surface area contributed by atoms with E-state index in [0.29, 0.717) is 23.8 Å². The number of hydrogen-bond acceptors (Lipinski definition) is 5. The van der Waals surface area contributed by atoms with Gasteiger partial charge in [0.05, 0.1) is 12.1 Å². The van der Waals surface area contributed by atoms with Crippen molar-refractivity contribution in [2.24, 2.45) is 5.73 Å². The highest BCUT2D eigenvalue weighted by Gasteiger charge is 2.13. The van der Waals surface area contributed by atoms with Crippen molar-refractivity contribution in [1.82, 2.24) is 19.7 Å². The Hall–Kier alpha value is -2.26. The zero-order valence-electron chi connectivity index (χ0n) is 10.3. The highest BCUT2D eigenvalue weighted by atomic mass is 15.4. The van der Waals surface area contributed by atoms with E-state index in [-0.39, 0.29) is 5.92 Å². The van der Waals surface area contributed by atoms with E-state index in [9.17, 15) is 0 Å². The summed E-state index contributed by atoms with van der Waals surface area (Å²) in [5, 5.41) is 13.1. The Labute approximate surface area is 105 Å². The van der Waals surface area contributed by atoms with Crippen LogP contribution in [0.2, 0.25) is 0 Å². The van der Waals surface area contributed by atoms with Crippen LogP contribution in [0.1, 0.15) is 37.0 Å². The lowest BCUT2D eigenvalue weighted by molar-refractivity contribution is 0.734. The van der Waals surface area contributed by atoms with E-state index < -0.39 is 0 Å². The lowest BCUT2D eigenvalue weighted by Gasteiger charge is -2.02. The number of aromatic nitrogens is 4. The minimum Gasteiger partial charge on any atom is -0.324 e. The smallest absolute Gasteiger partial charge is 0.155 e. The predicted molar refractivity (Wildman–Crippen MR) is 65.8 cm³/mol. The standard InChI is InChI=1S/C12H14N6/c1-8(2)12-16-11(6-14)18(17-12)10-4-3-9(5-13)7-15-10/h3-4,7-8H,6,14H2,1-2H3. The van der Waals surface area contributed by atoms with Crippen LogP contribution in [0.15, 0.2) is 18.3 Å². The van der Waals surface area contributed by atoms with Crippen molar-refractivity contribution in [3.8, 4) is 11.9 Å². The van der Waals surface area contributed by atoms with E-state index in [1.54, 1.807) is 16.8 Å². The number of nitriles is 1. The van der Waals surface area contributed by atoms with Crippen LogP contribution < -0.4 is 5.73 Å². The Morgan fingerprint density at radius 3 is 2.72 bits per heavy atom. The highest BCUT2D eigenvalue weighted by Crippen LogP contribution is 2.13. The van der Waals surface area contributed by atoms with Gasteiger partial charge in [0.25, 0.3) is 0 Å². The maximum atomic E-state index is 8.73. The van der Waals surface area contributed by atoms with E-state index in [4.69, 9.17) is 11.0 Å². The molecule has 2 aromatic heterocycles. The van der Waals surface area contributed by atoms with Gasteiger partial charge < -0.3 is 5.73 Å². The van der Waals surface area contributed by atoms with Crippen molar-refractivity contribution >= 4 is 0 Å². The molecule has 0 saturated heterocycles. The van der Waals surface area contributed by atoms with E-state index in [1.165, 1.54) is 6.20 Å². The van der Waals surface area contributed by atoms with Crippen molar-refractivity contribution in [3.05, 3.63) is 35.5 Å². The molecule has 0 unspecified atom stereocenters. The number of nitrogens with two attached hydrogens (primary N) is 1. The molecule has 6 nitrogen and oxygen atoms in total. The Morgan fingerprint density at radius 2 is 2.22 bits per heavy atom. The fourth-order valence-corrected chi connectivity index (χ4v) is 1.50. The molecule has 0 aliphatic carbocycles. The Morgan fingerprint density at radius 1 is 1.44 bits per heavy atom. The molecule has 2 rings (SSSR count). The summed E-state index contributed by atoms with van der Waals surface area (Å²) >= 11 is 0. The molecular weight excluding hydrogens is 228 g/mol. The molecule has 6 heteroatoms. The molecular formula is C12H14N6. The molecule has 0 aromatic carbocycles. The van der Waals surface area contributed by atoms with E-state index in [2.05, 4.69) is 15.1 Å². The van der Waals surface area contributed by atoms with E-state index >= 15 is 0 Å². The van der Waals surface area contributed by atoms with Gasteiger partial charge in [-0.25, -0.2) is 9.97 Å². The summed E-state index contributed by atoms with van der Waals surface area (Å²) in [6, 6.07) is 5.45. The van der Waals surface area contributed by atoms with Crippen LogP contribution >= 0.6 is 0 Å². The molecule has 0 spiro atoms. The second kappa shape index (κ2) is 4.94.